The molecule has 3 aromatic rings. The van der Waals surface area contributed by atoms with Gasteiger partial charge < -0.3 is 10.2 Å². The summed E-state index contributed by atoms with van der Waals surface area (Å²) in [6.45, 7) is 9.51. The standard InChI is InChI=1S/C32H40ClN3O4S/c1-6-8-19-34-32(38)29(7-2)35(21-26-11-9-10-12-28(26)33)31(37)22-36(30-20-24(4)13-16-25(30)5)41(39,40)27-17-14-23(3)15-18-27/h9-18,20,29H,6-8,19,21-22H2,1-5H3,(H,34,38)/t29-/m1/s1. The normalized spacial score (nSPS) is 12.0. The van der Waals surface area contributed by atoms with Crippen LogP contribution in [-0.2, 0) is 26.2 Å². The fourth-order valence-corrected chi connectivity index (χ4v) is 6.24. The van der Waals surface area contributed by atoms with Gasteiger partial charge in [0, 0.05) is 18.1 Å². The van der Waals surface area contributed by atoms with Crippen LogP contribution in [0.2, 0.25) is 5.02 Å². The predicted octanol–water partition coefficient (Wildman–Crippen LogP) is 6.18. The summed E-state index contributed by atoms with van der Waals surface area (Å²) in [7, 11) is -4.13. The van der Waals surface area contributed by atoms with Crippen molar-refractivity contribution in [3.05, 3.63) is 94.0 Å². The molecule has 0 radical (unpaired) electrons. The molecule has 0 aromatic heterocycles. The summed E-state index contributed by atoms with van der Waals surface area (Å²) in [4.78, 5) is 29.0. The molecule has 0 saturated carbocycles. The van der Waals surface area contributed by atoms with Crippen LogP contribution in [0.4, 0.5) is 5.69 Å². The van der Waals surface area contributed by atoms with E-state index in [2.05, 4.69) is 5.32 Å². The van der Waals surface area contributed by atoms with E-state index in [4.69, 9.17) is 11.6 Å². The largest absolute Gasteiger partial charge is 0.354 e. The highest BCUT2D eigenvalue weighted by Gasteiger charge is 2.34. The minimum absolute atomic E-state index is 0.0590. The molecular formula is C32H40ClN3O4S. The van der Waals surface area contributed by atoms with Crippen LogP contribution in [0.1, 0.15) is 55.4 Å². The number of halogens is 1. The van der Waals surface area contributed by atoms with Gasteiger partial charge in [0.25, 0.3) is 10.0 Å². The van der Waals surface area contributed by atoms with Gasteiger partial charge in [-0.15, -0.1) is 0 Å². The Morgan fingerprint density at radius 3 is 2.22 bits per heavy atom. The van der Waals surface area contributed by atoms with Crippen molar-refractivity contribution in [1.29, 1.82) is 0 Å². The number of amides is 2. The van der Waals surface area contributed by atoms with Crippen molar-refractivity contribution in [2.24, 2.45) is 0 Å². The number of carbonyl (C=O) groups is 2. The lowest BCUT2D eigenvalue weighted by atomic mass is 10.1. The van der Waals surface area contributed by atoms with Gasteiger partial charge in [-0.1, -0.05) is 79.9 Å². The zero-order valence-electron chi connectivity index (χ0n) is 24.5. The van der Waals surface area contributed by atoms with Crippen LogP contribution in [0, 0.1) is 20.8 Å². The molecule has 220 valence electrons. The fraction of sp³-hybridized carbons (Fsp3) is 0.375. The van der Waals surface area contributed by atoms with Gasteiger partial charge >= 0.3 is 0 Å². The molecule has 41 heavy (non-hydrogen) atoms. The number of aryl methyl sites for hydroxylation is 3. The van der Waals surface area contributed by atoms with Crippen molar-refractivity contribution in [3.8, 4) is 0 Å². The first-order chi connectivity index (χ1) is 19.5. The van der Waals surface area contributed by atoms with Crippen LogP contribution in [-0.4, -0.2) is 44.3 Å². The molecular weight excluding hydrogens is 558 g/mol. The number of rotatable bonds is 13. The predicted molar refractivity (Wildman–Crippen MR) is 166 cm³/mol. The SMILES string of the molecule is CCCCNC(=O)[C@@H](CC)N(Cc1ccccc1Cl)C(=O)CN(c1cc(C)ccc1C)S(=O)(=O)c1ccc(C)cc1. The van der Waals surface area contributed by atoms with E-state index in [-0.39, 0.29) is 17.3 Å². The fourth-order valence-electron chi connectivity index (χ4n) is 4.57. The quantitative estimate of drug-likeness (QED) is 0.238. The zero-order valence-corrected chi connectivity index (χ0v) is 26.1. The molecule has 0 spiro atoms. The summed E-state index contributed by atoms with van der Waals surface area (Å²) < 4.78 is 29.3. The van der Waals surface area contributed by atoms with Gasteiger partial charge in [0.2, 0.25) is 11.8 Å². The average Bonchev–Trinajstić information content (AvgIpc) is 2.94. The number of nitrogens with zero attached hydrogens (tertiary/aromatic N) is 2. The Kier molecular flexibility index (Phi) is 11.4. The number of hydrogen-bond acceptors (Lipinski definition) is 4. The number of benzene rings is 3. The van der Waals surface area contributed by atoms with Crippen LogP contribution < -0.4 is 9.62 Å². The first-order valence-electron chi connectivity index (χ1n) is 14.0. The van der Waals surface area contributed by atoms with E-state index < -0.39 is 28.5 Å². The summed E-state index contributed by atoms with van der Waals surface area (Å²) in [5.74, 6) is -0.778. The van der Waals surface area contributed by atoms with Crippen LogP contribution in [0.3, 0.4) is 0 Å². The molecule has 0 heterocycles. The molecule has 0 aliphatic carbocycles. The second-order valence-corrected chi connectivity index (χ2v) is 12.6. The maximum Gasteiger partial charge on any atom is 0.264 e. The van der Waals surface area contributed by atoms with Gasteiger partial charge in [0.05, 0.1) is 10.6 Å². The van der Waals surface area contributed by atoms with Gasteiger partial charge in [0.1, 0.15) is 12.6 Å². The maximum absolute atomic E-state index is 14.2. The van der Waals surface area contributed by atoms with Gasteiger partial charge in [-0.2, -0.15) is 0 Å². The number of nitrogens with one attached hydrogen (secondary N) is 1. The van der Waals surface area contributed by atoms with Gasteiger partial charge in [-0.25, -0.2) is 8.42 Å². The van der Waals surface area contributed by atoms with Gasteiger partial charge in [-0.3, -0.25) is 13.9 Å². The van der Waals surface area contributed by atoms with Crippen molar-refractivity contribution in [2.75, 3.05) is 17.4 Å². The molecule has 3 aromatic carbocycles. The number of unbranched alkanes of at least 4 members (excludes halogenated alkanes) is 1. The van der Waals surface area contributed by atoms with Crippen LogP contribution in [0.25, 0.3) is 0 Å². The summed E-state index contributed by atoms with van der Waals surface area (Å²) in [5, 5.41) is 3.40. The van der Waals surface area contributed by atoms with Crippen LogP contribution in [0.5, 0.6) is 0 Å². The molecule has 1 N–H and O–H groups in total. The lowest BCUT2D eigenvalue weighted by Crippen LogP contribution is -2.52. The summed E-state index contributed by atoms with van der Waals surface area (Å²) in [6, 6.07) is 18.4. The van der Waals surface area contributed by atoms with Crippen molar-refractivity contribution < 1.29 is 18.0 Å². The lowest BCUT2D eigenvalue weighted by Gasteiger charge is -2.34. The highest BCUT2D eigenvalue weighted by molar-refractivity contribution is 7.92. The first kappa shape index (κ1) is 32.2. The Hall–Kier alpha value is -3.36. The van der Waals surface area contributed by atoms with E-state index in [1.807, 2.05) is 52.8 Å². The van der Waals surface area contributed by atoms with Gasteiger partial charge in [-0.05, 0) is 74.6 Å². The van der Waals surface area contributed by atoms with E-state index in [0.29, 0.717) is 34.8 Å². The third-order valence-corrected chi connectivity index (χ3v) is 9.18. The molecule has 0 fully saturated rings. The maximum atomic E-state index is 14.2. The van der Waals surface area contributed by atoms with Crippen molar-refractivity contribution in [3.63, 3.8) is 0 Å². The Bertz CT molecular complexity index is 1460. The summed E-state index contributed by atoms with van der Waals surface area (Å²) in [6.07, 6.45) is 2.08. The highest BCUT2D eigenvalue weighted by Crippen LogP contribution is 2.29. The van der Waals surface area contributed by atoms with Crippen molar-refractivity contribution >= 4 is 39.1 Å². The Morgan fingerprint density at radius 1 is 0.927 bits per heavy atom. The van der Waals surface area contributed by atoms with E-state index in [0.717, 1.165) is 28.3 Å². The number of sulfonamides is 1. The monoisotopic (exact) mass is 597 g/mol. The topological polar surface area (TPSA) is 86.8 Å². The van der Waals surface area contributed by atoms with E-state index >= 15 is 0 Å². The average molecular weight is 598 g/mol. The van der Waals surface area contributed by atoms with Crippen molar-refractivity contribution in [1.82, 2.24) is 10.2 Å². The molecule has 7 nitrogen and oxygen atoms in total. The lowest BCUT2D eigenvalue weighted by molar-refractivity contribution is -0.140. The molecule has 9 heteroatoms. The molecule has 0 aliphatic heterocycles. The first-order valence-corrected chi connectivity index (χ1v) is 15.8. The second-order valence-electron chi connectivity index (χ2n) is 10.3. The number of carbonyl (C=O) groups excluding carboxylic acids is 2. The van der Waals surface area contributed by atoms with Crippen LogP contribution in [0.15, 0.2) is 71.6 Å². The Labute approximate surface area is 249 Å². The highest BCUT2D eigenvalue weighted by atomic mass is 35.5. The van der Waals surface area contributed by atoms with Crippen molar-refractivity contribution in [2.45, 2.75) is 71.4 Å². The smallest absolute Gasteiger partial charge is 0.264 e. The molecule has 1 atom stereocenters. The summed E-state index contributed by atoms with van der Waals surface area (Å²) in [5.41, 5.74) is 3.57. The number of anilines is 1. The Morgan fingerprint density at radius 2 is 1.59 bits per heavy atom. The van der Waals surface area contributed by atoms with E-state index in [1.54, 1.807) is 48.5 Å². The van der Waals surface area contributed by atoms with Crippen LogP contribution >= 0.6 is 11.6 Å². The van der Waals surface area contributed by atoms with E-state index in [9.17, 15) is 18.0 Å². The van der Waals surface area contributed by atoms with Gasteiger partial charge in [0.15, 0.2) is 0 Å². The number of hydrogen-bond donors (Lipinski definition) is 1. The zero-order chi connectivity index (χ0) is 30.2. The third kappa shape index (κ3) is 8.11. The molecule has 0 bridgehead atoms. The molecule has 0 saturated heterocycles. The summed E-state index contributed by atoms with van der Waals surface area (Å²) >= 11 is 6.46. The van der Waals surface area contributed by atoms with E-state index in [1.165, 1.54) is 4.90 Å². The minimum Gasteiger partial charge on any atom is -0.354 e. The molecule has 0 unspecified atom stereocenters. The molecule has 3 rings (SSSR count). The molecule has 2 amide bonds. The second kappa shape index (κ2) is 14.5. The molecule has 0 aliphatic rings. The minimum atomic E-state index is -4.13. The third-order valence-electron chi connectivity index (χ3n) is 7.04. The Balaban J connectivity index is 2.09.